The molecule has 0 saturated carbocycles. The van der Waals surface area contributed by atoms with Gasteiger partial charge in [0.2, 0.25) is 5.91 Å². The first-order valence-electron chi connectivity index (χ1n) is 16.2. The van der Waals surface area contributed by atoms with Crippen molar-refractivity contribution < 1.29 is 45.4 Å². The summed E-state index contributed by atoms with van der Waals surface area (Å²) in [6.07, 6.45) is -8.01. The van der Waals surface area contributed by atoms with E-state index >= 15 is 0 Å². The SMILES string of the molecule is COc1ccc(Cn2ncc(N3CC[C@H]3C(C)OCCC(=O)N3CCN4c5ncc(C(F)(F)F)cc5N(C)C(=O)C4C3)c(C(F)(F)F)c2=O)cc1. The molecule has 3 atom stereocenters. The third-order valence-corrected chi connectivity index (χ3v) is 9.57. The van der Waals surface area contributed by atoms with Crippen LogP contribution < -0.4 is 25.0 Å². The molecule has 3 aliphatic heterocycles. The molecular formula is C33H35F6N7O5. The fraction of sp³-hybridized carbons (Fsp3) is 0.485. The molecule has 12 nitrogen and oxygen atoms in total. The fourth-order valence-corrected chi connectivity index (χ4v) is 6.66. The molecule has 3 aromatic rings. The van der Waals surface area contributed by atoms with E-state index in [0.717, 1.165) is 28.0 Å². The highest BCUT2D eigenvalue weighted by molar-refractivity contribution is 6.05. The van der Waals surface area contributed by atoms with E-state index in [1.807, 2.05) is 0 Å². The molecular weight excluding hydrogens is 688 g/mol. The number of pyridine rings is 1. The number of carbonyl (C=O) groups is 2. The molecule has 0 radical (unpaired) electrons. The zero-order chi connectivity index (χ0) is 36.8. The van der Waals surface area contributed by atoms with Crippen molar-refractivity contribution in [1.29, 1.82) is 0 Å². The molecule has 2 aromatic heterocycles. The summed E-state index contributed by atoms with van der Waals surface area (Å²) in [7, 11) is 2.84. The number of alkyl halides is 6. The number of benzene rings is 1. The van der Waals surface area contributed by atoms with Crippen molar-refractivity contribution in [3.8, 4) is 5.75 Å². The van der Waals surface area contributed by atoms with Gasteiger partial charge in [0.15, 0.2) is 5.82 Å². The quantitative estimate of drug-likeness (QED) is 0.305. The highest BCUT2D eigenvalue weighted by Crippen LogP contribution is 2.40. The van der Waals surface area contributed by atoms with Crippen molar-refractivity contribution in [2.45, 2.75) is 56.9 Å². The predicted molar refractivity (Wildman–Crippen MR) is 172 cm³/mol. The molecule has 5 heterocycles. The average molecular weight is 724 g/mol. The molecule has 0 N–H and O–H groups in total. The number of aromatic nitrogens is 3. The predicted octanol–water partition coefficient (Wildman–Crippen LogP) is 3.80. The smallest absolute Gasteiger partial charge is 0.423 e. The number of amides is 2. The van der Waals surface area contributed by atoms with E-state index in [1.165, 1.54) is 24.0 Å². The van der Waals surface area contributed by atoms with E-state index < -0.39 is 53.1 Å². The van der Waals surface area contributed by atoms with Gasteiger partial charge < -0.3 is 29.1 Å². The summed E-state index contributed by atoms with van der Waals surface area (Å²) in [6.45, 7) is 2.05. The number of ether oxygens (including phenoxy) is 2. The molecule has 2 fully saturated rings. The van der Waals surface area contributed by atoms with Crippen molar-refractivity contribution in [3.63, 3.8) is 0 Å². The third kappa shape index (κ3) is 7.05. The Kier molecular flexibility index (Phi) is 9.65. The Morgan fingerprint density at radius 1 is 0.980 bits per heavy atom. The number of anilines is 3. The number of nitrogens with zero attached hydrogens (tertiary/aromatic N) is 7. The van der Waals surface area contributed by atoms with Crippen LogP contribution in [0.5, 0.6) is 5.75 Å². The summed E-state index contributed by atoms with van der Waals surface area (Å²) in [6, 6.07) is 6.06. The van der Waals surface area contributed by atoms with Crippen molar-refractivity contribution in [3.05, 3.63) is 69.8 Å². The molecule has 2 saturated heterocycles. The van der Waals surface area contributed by atoms with Gasteiger partial charge in [-0.15, -0.1) is 0 Å². The van der Waals surface area contributed by atoms with Crippen molar-refractivity contribution in [2.75, 3.05) is 61.6 Å². The van der Waals surface area contributed by atoms with Gasteiger partial charge in [-0.2, -0.15) is 31.4 Å². The molecule has 0 bridgehead atoms. The summed E-state index contributed by atoms with van der Waals surface area (Å²) in [4.78, 5) is 49.0. The summed E-state index contributed by atoms with van der Waals surface area (Å²) in [5, 5.41) is 4.05. The maximum absolute atomic E-state index is 14.3. The first-order valence-corrected chi connectivity index (χ1v) is 16.2. The second-order valence-electron chi connectivity index (χ2n) is 12.6. The fourth-order valence-electron chi connectivity index (χ4n) is 6.66. The van der Waals surface area contributed by atoms with E-state index in [1.54, 1.807) is 36.1 Å². The van der Waals surface area contributed by atoms with E-state index in [-0.39, 0.29) is 68.9 Å². The maximum atomic E-state index is 14.3. The number of hydrogen-bond acceptors (Lipinski definition) is 9. The third-order valence-electron chi connectivity index (χ3n) is 9.57. The van der Waals surface area contributed by atoms with Crippen LogP contribution in [0.3, 0.4) is 0 Å². The Morgan fingerprint density at radius 2 is 1.71 bits per heavy atom. The van der Waals surface area contributed by atoms with Crippen molar-refractivity contribution in [2.24, 2.45) is 0 Å². The van der Waals surface area contributed by atoms with Crippen molar-refractivity contribution in [1.82, 2.24) is 19.7 Å². The standard InChI is InChI=1S/C33H35F6N7O5/c1-19(23-8-10-44(23)25-16-41-46(31(49)28(25)33(37,38)39)17-20-4-6-22(50-3)7-5-20)51-13-9-27(47)43-11-12-45-26(18-43)30(48)42(2)24-14-21(32(34,35)36)15-40-29(24)45/h4-7,14-16,19,23,26H,8-13,17-18H2,1-3H3/t19?,23-,26?/m0/s1. The second kappa shape index (κ2) is 13.7. The van der Waals surface area contributed by atoms with E-state index in [4.69, 9.17) is 9.47 Å². The normalized spacial score (nSPS) is 19.7. The number of piperazine rings is 1. The van der Waals surface area contributed by atoms with E-state index in [0.29, 0.717) is 17.7 Å². The minimum atomic E-state index is -4.95. The Balaban J connectivity index is 1.06. The van der Waals surface area contributed by atoms with Crippen LogP contribution in [0.4, 0.5) is 43.5 Å². The highest BCUT2D eigenvalue weighted by atomic mass is 19.4. The molecule has 18 heteroatoms. The van der Waals surface area contributed by atoms with Crippen LogP contribution in [0.15, 0.2) is 47.5 Å². The Bertz CT molecular complexity index is 1850. The number of likely N-dealkylation sites (N-methyl/N-ethyl adjacent to an activating group) is 1. The molecule has 3 aliphatic rings. The Labute approximate surface area is 288 Å². The number of carbonyl (C=O) groups excluding carboxylic acids is 2. The Morgan fingerprint density at radius 3 is 2.33 bits per heavy atom. The molecule has 0 spiro atoms. The van der Waals surface area contributed by atoms with Crippen LogP contribution in [0, 0.1) is 0 Å². The van der Waals surface area contributed by atoms with Crippen LogP contribution in [-0.2, 0) is 33.2 Å². The minimum Gasteiger partial charge on any atom is -0.497 e. The summed E-state index contributed by atoms with van der Waals surface area (Å²) >= 11 is 0. The summed E-state index contributed by atoms with van der Waals surface area (Å²) < 4.78 is 94.4. The van der Waals surface area contributed by atoms with Gasteiger partial charge in [-0.25, -0.2) is 9.67 Å². The van der Waals surface area contributed by atoms with Gasteiger partial charge >= 0.3 is 12.4 Å². The lowest BCUT2D eigenvalue weighted by molar-refractivity contribution is -0.139. The van der Waals surface area contributed by atoms with Gasteiger partial charge in [0, 0.05) is 32.9 Å². The zero-order valence-electron chi connectivity index (χ0n) is 27.9. The number of halogens is 6. The van der Waals surface area contributed by atoms with Gasteiger partial charge in [-0.1, -0.05) is 12.1 Å². The van der Waals surface area contributed by atoms with Gasteiger partial charge in [-0.05, 0) is 37.1 Å². The first-order chi connectivity index (χ1) is 24.1. The first kappa shape index (κ1) is 35.9. The average Bonchev–Trinajstić information content (AvgIpc) is 3.06. The van der Waals surface area contributed by atoms with Gasteiger partial charge in [0.25, 0.3) is 11.5 Å². The molecule has 6 rings (SSSR count). The largest absolute Gasteiger partial charge is 0.497 e. The second-order valence-corrected chi connectivity index (χ2v) is 12.6. The van der Waals surface area contributed by atoms with Crippen LogP contribution in [-0.4, -0.2) is 96.6 Å². The molecule has 2 amide bonds. The lowest BCUT2D eigenvalue weighted by Gasteiger charge is -2.47. The number of hydrogen-bond donors (Lipinski definition) is 0. The minimum absolute atomic E-state index is 0.00662. The molecule has 51 heavy (non-hydrogen) atoms. The van der Waals surface area contributed by atoms with Crippen LogP contribution >= 0.6 is 0 Å². The lowest BCUT2D eigenvalue weighted by atomic mass is 9.96. The van der Waals surface area contributed by atoms with Crippen LogP contribution in [0.25, 0.3) is 0 Å². The molecule has 2 unspecified atom stereocenters. The van der Waals surface area contributed by atoms with Crippen LogP contribution in [0.2, 0.25) is 0 Å². The Hall–Kier alpha value is -4.87. The number of methoxy groups -OCH3 is 1. The monoisotopic (exact) mass is 723 g/mol. The van der Waals surface area contributed by atoms with Gasteiger partial charge in [0.1, 0.15) is 17.4 Å². The van der Waals surface area contributed by atoms with Crippen LogP contribution in [0.1, 0.15) is 36.5 Å². The van der Waals surface area contributed by atoms with Gasteiger partial charge in [-0.3, -0.25) is 14.4 Å². The topological polar surface area (TPSA) is 113 Å². The maximum Gasteiger partial charge on any atom is 0.423 e. The number of rotatable bonds is 9. The molecule has 0 aliphatic carbocycles. The van der Waals surface area contributed by atoms with E-state index in [2.05, 4.69) is 10.1 Å². The lowest BCUT2D eigenvalue weighted by Crippen LogP contribution is -2.63. The zero-order valence-corrected chi connectivity index (χ0v) is 27.9. The number of fused-ring (bicyclic) bond motifs is 3. The molecule has 274 valence electrons. The molecule has 1 aromatic carbocycles. The van der Waals surface area contributed by atoms with Gasteiger partial charge in [0.05, 0.1) is 68.5 Å². The highest BCUT2D eigenvalue weighted by Gasteiger charge is 2.45. The van der Waals surface area contributed by atoms with E-state index in [9.17, 15) is 40.7 Å². The van der Waals surface area contributed by atoms with Crippen molar-refractivity contribution >= 4 is 29.0 Å². The summed E-state index contributed by atoms with van der Waals surface area (Å²) in [5.41, 5.74) is -3.31. The summed E-state index contributed by atoms with van der Waals surface area (Å²) in [5.74, 6) is -0.0139.